The minimum Gasteiger partial charge on any atom is -0.206 e. The van der Waals surface area contributed by atoms with Gasteiger partial charge in [-0.05, 0) is 47.4 Å². The van der Waals surface area contributed by atoms with Crippen molar-refractivity contribution in [2.45, 2.75) is 19.8 Å². The molecule has 0 radical (unpaired) electrons. The van der Waals surface area contributed by atoms with Crippen molar-refractivity contribution >= 4 is 11.6 Å². The van der Waals surface area contributed by atoms with Gasteiger partial charge in [0.25, 0.3) is 0 Å². The van der Waals surface area contributed by atoms with Crippen LogP contribution in [0.25, 0.3) is 22.3 Å². The third-order valence-electron chi connectivity index (χ3n) is 4.01. The lowest BCUT2D eigenvalue weighted by Gasteiger charge is -2.09. The lowest BCUT2D eigenvalue weighted by molar-refractivity contribution is 0.625. The number of hydrogen-bond acceptors (Lipinski definition) is 0. The molecule has 3 rings (SSSR count). The van der Waals surface area contributed by atoms with Gasteiger partial charge in [-0.2, -0.15) is 0 Å². The van der Waals surface area contributed by atoms with E-state index in [1.807, 2.05) is 6.07 Å². The predicted octanol–water partition coefficient (Wildman–Crippen LogP) is 6.90. The molecule has 0 unspecified atom stereocenters. The summed E-state index contributed by atoms with van der Waals surface area (Å²) in [4.78, 5) is 0. The Morgan fingerprint density at radius 3 is 1.96 bits per heavy atom. The van der Waals surface area contributed by atoms with Crippen molar-refractivity contribution in [3.05, 3.63) is 82.9 Å². The van der Waals surface area contributed by atoms with Gasteiger partial charge in [-0.25, -0.2) is 8.78 Å². The van der Waals surface area contributed by atoms with Crippen LogP contribution >= 0.6 is 11.6 Å². The molecule has 0 saturated heterocycles. The molecule has 3 aromatic rings. The fourth-order valence-corrected chi connectivity index (χ4v) is 2.91. The van der Waals surface area contributed by atoms with Crippen molar-refractivity contribution < 1.29 is 8.78 Å². The fraction of sp³-hybridized carbons (Fsp3) is 0.143. The normalized spacial score (nSPS) is 10.8. The largest absolute Gasteiger partial charge is 0.206 e. The smallest absolute Gasteiger partial charge is 0.131 e. The summed E-state index contributed by atoms with van der Waals surface area (Å²) in [6, 6.07) is 16.9. The molecule has 0 aliphatic carbocycles. The summed E-state index contributed by atoms with van der Waals surface area (Å²) in [6.45, 7) is 2.05. The summed E-state index contributed by atoms with van der Waals surface area (Å²) in [5, 5.41) is 0.602. The van der Waals surface area contributed by atoms with Crippen LogP contribution < -0.4 is 0 Å². The van der Waals surface area contributed by atoms with Gasteiger partial charge in [0.15, 0.2) is 0 Å². The highest BCUT2D eigenvalue weighted by molar-refractivity contribution is 6.30. The van der Waals surface area contributed by atoms with Crippen LogP contribution in [0.2, 0.25) is 5.02 Å². The minimum atomic E-state index is -0.383. The molecule has 3 heteroatoms. The van der Waals surface area contributed by atoms with Crippen LogP contribution in [0.5, 0.6) is 0 Å². The van der Waals surface area contributed by atoms with E-state index in [1.165, 1.54) is 12.1 Å². The van der Waals surface area contributed by atoms with Crippen molar-refractivity contribution in [3.8, 4) is 22.3 Å². The van der Waals surface area contributed by atoms with E-state index in [9.17, 15) is 8.78 Å². The maximum Gasteiger partial charge on any atom is 0.131 e. The SMILES string of the molecule is CCCc1ccc(-c2ccc(-c3ccc(Cl)cc3)c(F)c2)c(F)c1. The second-order valence-corrected chi connectivity index (χ2v) is 6.20. The van der Waals surface area contributed by atoms with Crippen LogP contribution in [0.15, 0.2) is 60.7 Å². The molecule has 0 heterocycles. The van der Waals surface area contributed by atoms with Crippen LogP contribution in [-0.2, 0) is 6.42 Å². The topological polar surface area (TPSA) is 0 Å². The number of benzene rings is 3. The van der Waals surface area contributed by atoms with E-state index in [2.05, 4.69) is 6.92 Å². The van der Waals surface area contributed by atoms with E-state index in [0.29, 0.717) is 21.7 Å². The minimum absolute atomic E-state index is 0.320. The third-order valence-corrected chi connectivity index (χ3v) is 4.26. The molecule has 3 aromatic carbocycles. The van der Waals surface area contributed by atoms with E-state index in [-0.39, 0.29) is 11.6 Å². The van der Waals surface area contributed by atoms with Crippen molar-refractivity contribution in [1.82, 2.24) is 0 Å². The summed E-state index contributed by atoms with van der Waals surface area (Å²) in [5.74, 6) is -0.702. The van der Waals surface area contributed by atoms with Gasteiger partial charge in [-0.1, -0.05) is 61.3 Å². The van der Waals surface area contributed by atoms with Crippen molar-refractivity contribution in [2.75, 3.05) is 0 Å². The molecular formula is C21H17ClF2. The van der Waals surface area contributed by atoms with Crippen molar-refractivity contribution in [1.29, 1.82) is 0 Å². The number of halogens is 3. The zero-order valence-electron chi connectivity index (χ0n) is 13.3. The average Bonchev–Trinajstić information content (AvgIpc) is 2.56. The predicted molar refractivity (Wildman–Crippen MR) is 96.2 cm³/mol. The van der Waals surface area contributed by atoms with Crippen molar-refractivity contribution in [3.63, 3.8) is 0 Å². The van der Waals surface area contributed by atoms with Crippen LogP contribution in [0.1, 0.15) is 18.9 Å². The first-order chi connectivity index (χ1) is 11.6. The van der Waals surface area contributed by atoms with E-state index < -0.39 is 0 Å². The van der Waals surface area contributed by atoms with E-state index >= 15 is 0 Å². The Hall–Kier alpha value is -2.19. The van der Waals surface area contributed by atoms with Gasteiger partial charge in [0.05, 0.1) is 0 Å². The summed E-state index contributed by atoms with van der Waals surface area (Å²) < 4.78 is 28.8. The molecule has 0 amide bonds. The molecule has 0 aliphatic rings. The summed E-state index contributed by atoms with van der Waals surface area (Å²) in [5.41, 5.74) is 3.11. The highest BCUT2D eigenvalue weighted by atomic mass is 35.5. The molecule has 122 valence electrons. The third kappa shape index (κ3) is 3.49. The molecule has 0 atom stereocenters. The van der Waals surface area contributed by atoms with Gasteiger partial charge in [0.1, 0.15) is 11.6 Å². The first-order valence-corrected chi connectivity index (χ1v) is 8.30. The van der Waals surface area contributed by atoms with E-state index in [0.717, 1.165) is 24.0 Å². The quantitative estimate of drug-likeness (QED) is 0.483. The first kappa shape index (κ1) is 16.7. The van der Waals surface area contributed by atoms with Gasteiger partial charge in [-0.3, -0.25) is 0 Å². The highest BCUT2D eigenvalue weighted by Crippen LogP contribution is 2.30. The standard InChI is InChI=1S/C21H17ClF2/c1-2-3-14-4-10-19(20(23)12-14)16-7-11-18(21(24)13-16)15-5-8-17(22)9-6-15/h4-13H,2-3H2,1H3. The lowest BCUT2D eigenvalue weighted by atomic mass is 9.98. The van der Waals surface area contributed by atoms with Gasteiger partial charge >= 0.3 is 0 Å². The molecule has 0 spiro atoms. The Morgan fingerprint density at radius 2 is 1.33 bits per heavy atom. The molecule has 0 aromatic heterocycles. The molecule has 0 fully saturated rings. The number of hydrogen-bond donors (Lipinski definition) is 0. The van der Waals surface area contributed by atoms with Crippen molar-refractivity contribution in [2.24, 2.45) is 0 Å². The number of aryl methyl sites for hydroxylation is 1. The second-order valence-electron chi connectivity index (χ2n) is 5.77. The molecule has 0 aliphatic heterocycles. The Labute approximate surface area is 145 Å². The highest BCUT2D eigenvalue weighted by Gasteiger charge is 2.11. The van der Waals surface area contributed by atoms with Crippen LogP contribution in [-0.4, -0.2) is 0 Å². The Bertz CT molecular complexity index is 854. The first-order valence-electron chi connectivity index (χ1n) is 7.93. The fourth-order valence-electron chi connectivity index (χ4n) is 2.78. The van der Waals surface area contributed by atoms with Crippen LogP contribution in [0, 0.1) is 11.6 Å². The zero-order valence-corrected chi connectivity index (χ0v) is 14.1. The van der Waals surface area contributed by atoms with Gasteiger partial charge in [0, 0.05) is 16.1 Å². The van der Waals surface area contributed by atoms with E-state index in [4.69, 9.17) is 11.6 Å². The van der Waals surface area contributed by atoms with E-state index in [1.54, 1.807) is 42.5 Å². The Balaban J connectivity index is 1.96. The lowest BCUT2D eigenvalue weighted by Crippen LogP contribution is -1.91. The van der Waals surface area contributed by atoms with Gasteiger partial charge in [0.2, 0.25) is 0 Å². The molecule has 0 bridgehead atoms. The summed E-state index contributed by atoms with van der Waals surface area (Å²) in [7, 11) is 0. The van der Waals surface area contributed by atoms with Crippen LogP contribution in [0.3, 0.4) is 0 Å². The van der Waals surface area contributed by atoms with Crippen LogP contribution in [0.4, 0.5) is 8.78 Å². The second kappa shape index (κ2) is 7.14. The summed E-state index contributed by atoms with van der Waals surface area (Å²) >= 11 is 5.86. The molecular weight excluding hydrogens is 326 g/mol. The Morgan fingerprint density at radius 1 is 0.750 bits per heavy atom. The van der Waals surface area contributed by atoms with Gasteiger partial charge < -0.3 is 0 Å². The molecule has 0 nitrogen and oxygen atoms in total. The van der Waals surface area contributed by atoms with Gasteiger partial charge in [-0.15, -0.1) is 0 Å². The molecule has 24 heavy (non-hydrogen) atoms. The summed E-state index contributed by atoms with van der Waals surface area (Å²) in [6.07, 6.45) is 1.80. The average molecular weight is 343 g/mol. The molecule has 0 N–H and O–H groups in total. The zero-order chi connectivity index (χ0) is 17.1. The number of rotatable bonds is 4. The monoisotopic (exact) mass is 342 g/mol. The Kier molecular flexibility index (Phi) is 4.96. The molecule has 0 saturated carbocycles. The maximum atomic E-state index is 14.5. The maximum absolute atomic E-state index is 14.5.